The maximum absolute atomic E-state index is 10.8. The van der Waals surface area contributed by atoms with E-state index >= 15 is 0 Å². The monoisotopic (exact) mass is 173 g/mol. The molecule has 0 amide bonds. The molecule has 0 spiro atoms. The van der Waals surface area contributed by atoms with Gasteiger partial charge in [-0.05, 0) is 13.8 Å². The van der Waals surface area contributed by atoms with Gasteiger partial charge < -0.3 is 4.74 Å². The molecule has 0 radical (unpaired) electrons. The molecule has 0 aromatic rings. The molecule has 11 heavy (non-hydrogen) atoms. The van der Waals surface area contributed by atoms with Crippen LogP contribution in [-0.2, 0) is 9.53 Å². The minimum atomic E-state index is -0.250. The van der Waals surface area contributed by atoms with Gasteiger partial charge in [0, 0.05) is 0 Å². The van der Waals surface area contributed by atoms with Gasteiger partial charge in [-0.1, -0.05) is 0 Å². The third kappa shape index (κ3) is 7.20. The number of nitrogens with zero attached hydrogens (tertiary/aromatic N) is 1. The largest absolute Gasteiger partial charge is 0.462 e. The van der Waals surface area contributed by atoms with Crippen LogP contribution in [0.15, 0.2) is 0 Å². The number of thioether (sulfide) groups is 1. The van der Waals surface area contributed by atoms with Crippen molar-refractivity contribution in [3.63, 3.8) is 0 Å². The van der Waals surface area contributed by atoms with Crippen molar-refractivity contribution in [3.8, 4) is 6.07 Å². The molecule has 0 aliphatic carbocycles. The summed E-state index contributed by atoms with van der Waals surface area (Å²) in [5.41, 5.74) is 0. The molecule has 0 atom stereocenters. The van der Waals surface area contributed by atoms with Gasteiger partial charge in [0.15, 0.2) is 0 Å². The molecule has 0 aliphatic rings. The van der Waals surface area contributed by atoms with Gasteiger partial charge in [-0.15, -0.1) is 11.8 Å². The van der Waals surface area contributed by atoms with Crippen LogP contribution < -0.4 is 0 Å². The summed E-state index contributed by atoms with van der Waals surface area (Å²) in [5.74, 6) is 0.360. The average molecular weight is 173 g/mol. The normalized spacial score (nSPS) is 9.27. The Morgan fingerprint density at radius 3 is 2.82 bits per heavy atom. The van der Waals surface area contributed by atoms with Crippen molar-refractivity contribution in [2.45, 2.75) is 20.0 Å². The van der Waals surface area contributed by atoms with Gasteiger partial charge in [0.25, 0.3) is 0 Å². The maximum Gasteiger partial charge on any atom is 0.316 e. The maximum atomic E-state index is 10.8. The zero-order chi connectivity index (χ0) is 8.69. The van der Waals surface area contributed by atoms with Gasteiger partial charge in [0.2, 0.25) is 0 Å². The number of nitriles is 1. The highest BCUT2D eigenvalue weighted by molar-refractivity contribution is 8.00. The molecular formula is C7H11NO2S. The molecular weight excluding hydrogens is 162 g/mol. The van der Waals surface area contributed by atoms with E-state index in [1.165, 1.54) is 11.8 Å². The van der Waals surface area contributed by atoms with E-state index in [0.29, 0.717) is 5.75 Å². The molecule has 0 heterocycles. The summed E-state index contributed by atoms with van der Waals surface area (Å²) in [6.07, 6.45) is -0.0646. The Kier molecular flexibility index (Phi) is 5.67. The molecule has 3 nitrogen and oxygen atoms in total. The predicted octanol–water partition coefficient (Wildman–Crippen LogP) is 1.19. The molecule has 0 aliphatic heterocycles. The van der Waals surface area contributed by atoms with E-state index in [4.69, 9.17) is 10.00 Å². The van der Waals surface area contributed by atoms with E-state index in [9.17, 15) is 4.79 Å². The number of rotatable bonds is 4. The van der Waals surface area contributed by atoms with Crippen LogP contribution >= 0.6 is 11.8 Å². The van der Waals surface area contributed by atoms with Crippen molar-refractivity contribution < 1.29 is 9.53 Å². The van der Waals surface area contributed by atoms with Crippen LogP contribution in [0.3, 0.4) is 0 Å². The number of carbonyl (C=O) groups is 1. The van der Waals surface area contributed by atoms with Gasteiger partial charge in [-0.2, -0.15) is 5.26 Å². The van der Waals surface area contributed by atoms with E-state index in [1.807, 2.05) is 6.07 Å². The van der Waals surface area contributed by atoms with E-state index in [-0.39, 0.29) is 17.8 Å². The van der Waals surface area contributed by atoms with Crippen molar-refractivity contribution in [3.05, 3.63) is 0 Å². The smallest absolute Gasteiger partial charge is 0.316 e. The number of ether oxygens (including phenoxy) is 1. The zero-order valence-electron chi connectivity index (χ0n) is 6.66. The highest BCUT2D eigenvalue weighted by atomic mass is 32.2. The Bertz CT molecular complexity index is 162. The first-order valence-corrected chi connectivity index (χ1v) is 4.46. The predicted molar refractivity (Wildman–Crippen MR) is 44.2 cm³/mol. The summed E-state index contributed by atoms with van der Waals surface area (Å²) in [5, 5.41) is 8.14. The number of hydrogen-bond donors (Lipinski definition) is 0. The van der Waals surface area contributed by atoms with Crippen LogP contribution in [0.5, 0.6) is 0 Å². The first-order chi connectivity index (χ1) is 5.16. The molecule has 0 unspecified atom stereocenters. The first kappa shape index (κ1) is 10.3. The summed E-state index contributed by atoms with van der Waals surface area (Å²) in [4.78, 5) is 10.8. The summed E-state index contributed by atoms with van der Waals surface area (Å²) < 4.78 is 4.83. The molecule has 0 saturated carbocycles. The highest BCUT2D eigenvalue weighted by Crippen LogP contribution is 2.00. The van der Waals surface area contributed by atoms with Crippen LogP contribution in [0, 0.1) is 11.3 Å². The third-order valence-electron chi connectivity index (χ3n) is 0.754. The Balaban J connectivity index is 3.32. The van der Waals surface area contributed by atoms with Gasteiger partial charge in [-0.25, -0.2) is 0 Å². The van der Waals surface area contributed by atoms with E-state index < -0.39 is 0 Å². The van der Waals surface area contributed by atoms with E-state index in [0.717, 1.165) is 0 Å². The van der Waals surface area contributed by atoms with Gasteiger partial charge >= 0.3 is 5.97 Å². The molecule has 0 aromatic carbocycles. The Hall–Kier alpha value is -0.690. The molecule has 4 heteroatoms. The molecule has 0 bridgehead atoms. The lowest BCUT2D eigenvalue weighted by atomic mass is 10.5. The molecule has 0 saturated heterocycles. The fourth-order valence-corrected chi connectivity index (χ4v) is 0.905. The summed E-state index contributed by atoms with van der Waals surface area (Å²) in [7, 11) is 0. The Morgan fingerprint density at radius 2 is 2.36 bits per heavy atom. The van der Waals surface area contributed by atoms with Crippen molar-refractivity contribution in [2.24, 2.45) is 0 Å². The van der Waals surface area contributed by atoms with Crippen LogP contribution in [0.2, 0.25) is 0 Å². The van der Waals surface area contributed by atoms with Crippen LogP contribution in [0.25, 0.3) is 0 Å². The zero-order valence-corrected chi connectivity index (χ0v) is 7.48. The van der Waals surface area contributed by atoms with Crippen molar-refractivity contribution in [1.29, 1.82) is 5.26 Å². The summed E-state index contributed by atoms with van der Waals surface area (Å²) >= 11 is 1.27. The quantitative estimate of drug-likeness (QED) is 0.473. The lowest BCUT2D eigenvalue weighted by molar-refractivity contribution is -0.144. The van der Waals surface area contributed by atoms with Crippen molar-refractivity contribution in [2.75, 3.05) is 11.5 Å². The lowest BCUT2D eigenvalue weighted by Crippen LogP contribution is -2.13. The molecule has 0 rings (SSSR count). The van der Waals surface area contributed by atoms with Crippen LogP contribution in [0.4, 0.5) is 0 Å². The SMILES string of the molecule is CC(C)OC(=O)CSCC#N. The third-order valence-corrected chi connectivity index (χ3v) is 1.53. The van der Waals surface area contributed by atoms with Crippen LogP contribution in [-0.4, -0.2) is 23.6 Å². The minimum Gasteiger partial charge on any atom is -0.462 e. The van der Waals surface area contributed by atoms with Crippen molar-refractivity contribution in [1.82, 2.24) is 0 Å². The molecule has 0 N–H and O–H groups in total. The topological polar surface area (TPSA) is 50.1 Å². The second kappa shape index (κ2) is 6.05. The van der Waals surface area contributed by atoms with Crippen molar-refractivity contribution >= 4 is 17.7 Å². The average Bonchev–Trinajstić information content (AvgIpc) is 1.86. The fourth-order valence-electron chi connectivity index (χ4n) is 0.477. The number of hydrogen-bond acceptors (Lipinski definition) is 4. The fraction of sp³-hybridized carbons (Fsp3) is 0.714. The van der Waals surface area contributed by atoms with E-state index in [2.05, 4.69) is 0 Å². The molecule has 0 aromatic heterocycles. The molecule has 0 fully saturated rings. The van der Waals surface area contributed by atoms with Crippen LogP contribution in [0.1, 0.15) is 13.8 Å². The molecule has 62 valence electrons. The second-order valence-electron chi connectivity index (χ2n) is 2.19. The standard InChI is InChI=1S/C7H11NO2S/c1-6(2)10-7(9)5-11-4-3-8/h6H,4-5H2,1-2H3. The first-order valence-electron chi connectivity index (χ1n) is 3.31. The van der Waals surface area contributed by atoms with Gasteiger partial charge in [0.1, 0.15) is 0 Å². The number of carbonyl (C=O) groups excluding carboxylic acids is 1. The Morgan fingerprint density at radius 1 is 1.73 bits per heavy atom. The van der Waals surface area contributed by atoms with Gasteiger partial charge in [0.05, 0.1) is 23.7 Å². The van der Waals surface area contributed by atoms with E-state index in [1.54, 1.807) is 13.8 Å². The lowest BCUT2D eigenvalue weighted by Gasteiger charge is -2.05. The number of esters is 1. The highest BCUT2D eigenvalue weighted by Gasteiger charge is 2.03. The summed E-state index contributed by atoms with van der Waals surface area (Å²) in [6.45, 7) is 3.60. The van der Waals surface area contributed by atoms with Gasteiger partial charge in [-0.3, -0.25) is 4.79 Å². The summed E-state index contributed by atoms with van der Waals surface area (Å²) in [6, 6.07) is 1.93. The Labute approximate surface area is 70.7 Å². The minimum absolute atomic E-state index is 0.0646. The second-order valence-corrected chi connectivity index (χ2v) is 3.18.